The van der Waals surface area contributed by atoms with Crippen LogP contribution in [0.25, 0.3) is 21.2 Å². The zero-order chi connectivity index (χ0) is 43.9. The second kappa shape index (κ2) is 13.7. The normalized spacial score (nSPS) is 16.5. The van der Waals surface area contributed by atoms with Gasteiger partial charge in [0.15, 0.2) is 0 Å². The maximum atomic E-state index is 2.70. The van der Waals surface area contributed by atoms with Crippen molar-refractivity contribution < 1.29 is 0 Å². The SMILES string of the molecule is CC(C)(C)c1ccc(N2c3cc(C(C)(C)C)cc4c3B(c3cc5c(cc3N4c3ccc(C(C)(C)C)cc3-c3ccccc3)C(C)(C)CCC5(C)C)c3c2sc2ccccc32)cc1. The molecule has 1 aromatic heterocycles. The summed E-state index contributed by atoms with van der Waals surface area (Å²) in [6.07, 6.45) is 2.34. The Morgan fingerprint density at radius 1 is 0.500 bits per heavy atom. The molecule has 0 saturated carbocycles. The van der Waals surface area contributed by atoms with E-state index in [-0.39, 0.29) is 33.8 Å². The van der Waals surface area contributed by atoms with Crippen LogP contribution in [0.5, 0.6) is 0 Å². The van der Waals surface area contributed by atoms with Crippen LogP contribution < -0.4 is 26.2 Å². The monoisotopic (exact) mass is 830 g/mol. The van der Waals surface area contributed by atoms with E-state index in [2.05, 4.69) is 221 Å². The Balaban J connectivity index is 1.38. The third-order valence-electron chi connectivity index (χ3n) is 14.6. The van der Waals surface area contributed by atoms with Gasteiger partial charge in [-0.3, -0.25) is 0 Å². The number of hydrogen-bond donors (Lipinski definition) is 0. The van der Waals surface area contributed by atoms with E-state index in [9.17, 15) is 0 Å². The minimum atomic E-state index is -0.102. The van der Waals surface area contributed by atoms with Crippen LogP contribution in [0.1, 0.15) is 131 Å². The summed E-state index contributed by atoms with van der Waals surface area (Å²) >= 11 is 1.95. The van der Waals surface area contributed by atoms with Crippen LogP contribution in [0.2, 0.25) is 0 Å². The van der Waals surface area contributed by atoms with E-state index in [1.165, 1.54) is 112 Å². The molecule has 0 N–H and O–H groups in total. The van der Waals surface area contributed by atoms with Gasteiger partial charge in [0, 0.05) is 33.0 Å². The molecule has 62 heavy (non-hydrogen) atoms. The molecule has 3 heterocycles. The molecule has 10 rings (SSSR count). The molecule has 0 amide bonds. The highest BCUT2D eigenvalue weighted by Gasteiger charge is 2.48. The van der Waals surface area contributed by atoms with Gasteiger partial charge in [-0.15, -0.1) is 11.3 Å². The highest BCUT2D eigenvalue weighted by atomic mass is 32.1. The van der Waals surface area contributed by atoms with Crippen molar-refractivity contribution in [2.45, 2.75) is 130 Å². The number of rotatable bonds is 3. The molecule has 0 spiro atoms. The lowest BCUT2D eigenvalue weighted by atomic mass is 9.33. The first-order chi connectivity index (χ1) is 29.1. The number of hydrogen-bond acceptors (Lipinski definition) is 3. The summed E-state index contributed by atoms with van der Waals surface area (Å²) in [7, 11) is 0. The van der Waals surface area contributed by atoms with Gasteiger partial charge >= 0.3 is 0 Å². The second-order valence-corrected chi connectivity index (χ2v) is 24.0. The van der Waals surface area contributed by atoms with Crippen molar-refractivity contribution in [3.05, 3.63) is 149 Å². The predicted molar refractivity (Wildman–Crippen MR) is 273 cm³/mol. The lowest BCUT2D eigenvalue weighted by Crippen LogP contribution is -2.61. The fourth-order valence-corrected chi connectivity index (χ4v) is 11.9. The van der Waals surface area contributed by atoms with Crippen molar-refractivity contribution in [3.8, 4) is 11.1 Å². The molecule has 0 atom stereocenters. The summed E-state index contributed by atoms with van der Waals surface area (Å²) in [4.78, 5) is 5.33. The fraction of sp³-hybridized carbons (Fsp3) is 0.345. The van der Waals surface area contributed by atoms with Gasteiger partial charge in [-0.2, -0.15) is 0 Å². The number of fused-ring (bicyclic) bond motifs is 7. The standard InChI is InChI=1S/C58H63BN2S/c1-54(2,3)37-23-26-40(27-24-37)60-48-32-39(56(7,8)9)33-49-52(48)59(51-41-21-17-18-22-50(41)62-53(51)60)45-34-43-44(58(12,13)30-29-57(43,10)11)35-47(45)61(49)46-28-25-38(55(4,5)6)31-42(46)36-19-15-14-16-20-36/h14-28,31-35H,29-30H2,1-13H3. The van der Waals surface area contributed by atoms with E-state index in [4.69, 9.17) is 0 Å². The maximum absolute atomic E-state index is 2.70. The Morgan fingerprint density at radius 2 is 1.06 bits per heavy atom. The molecule has 1 aliphatic carbocycles. The molecule has 0 saturated heterocycles. The minimum Gasteiger partial charge on any atom is -0.311 e. The van der Waals surface area contributed by atoms with Gasteiger partial charge in [-0.05, 0) is 144 Å². The van der Waals surface area contributed by atoms with E-state index >= 15 is 0 Å². The third kappa shape index (κ3) is 6.41. The summed E-state index contributed by atoms with van der Waals surface area (Å²) < 4.78 is 1.34. The fourth-order valence-electron chi connectivity index (χ4n) is 10.6. The van der Waals surface area contributed by atoms with E-state index in [0.717, 1.165) is 0 Å². The first kappa shape index (κ1) is 41.0. The summed E-state index contributed by atoms with van der Waals surface area (Å²) in [5.41, 5.74) is 20.2. The van der Waals surface area contributed by atoms with E-state index in [1.54, 1.807) is 0 Å². The molecular formula is C58H63BN2S. The van der Waals surface area contributed by atoms with E-state index < -0.39 is 0 Å². The van der Waals surface area contributed by atoms with Crippen molar-refractivity contribution in [2.24, 2.45) is 0 Å². The van der Waals surface area contributed by atoms with Gasteiger partial charge in [0.1, 0.15) is 0 Å². The quantitative estimate of drug-likeness (QED) is 0.164. The molecule has 3 aliphatic rings. The Morgan fingerprint density at radius 3 is 1.69 bits per heavy atom. The van der Waals surface area contributed by atoms with Crippen molar-refractivity contribution >= 4 is 78.0 Å². The summed E-state index contributed by atoms with van der Waals surface area (Å²) in [6, 6.07) is 47.5. The van der Waals surface area contributed by atoms with Gasteiger partial charge in [-0.25, -0.2) is 0 Å². The van der Waals surface area contributed by atoms with Gasteiger partial charge in [0.05, 0.1) is 10.7 Å². The van der Waals surface area contributed by atoms with Crippen LogP contribution in [0.4, 0.5) is 33.4 Å². The molecule has 7 aromatic rings. The van der Waals surface area contributed by atoms with E-state index in [1.807, 2.05) is 11.3 Å². The van der Waals surface area contributed by atoms with Crippen molar-refractivity contribution in [1.82, 2.24) is 0 Å². The molecule has 0 radical (unpaired) electrons. The van der Waals surface area contributed by atoms with Gasteiger partial charge in [0.2, 0.25) is 0 Å². The molecular weight excluding hydrogens is 768 g/mol. The molecule has 4 heteroatoms. The summed E-state index contributed by atoms with van der Waals surface area (Å²) in [5.74, 6) is 0. The number of thiophene rings is 1. The van der Waals surface area contributed by atoms with Crippen molar-refractivity contribution in [3.63, 3.8) is 0 Å². The zero-order valence-corrected chi connectivity index (χ0v) is 40.2. The lowest BCUT2D eigenvalue weighted by molar-refractivity contribution is 0.332. The Labute approximate surface area is 376 Å². The van der Waals surface area contributed by atoms with Gasteiger partial charge < -0.3 is 9.80 Å². The second-order valence-electron chi connectivity index (χ2n) is 23.0. The van der Waals surface area contributed by atoms with Crippen LogP contribution in [-0.2, 0) is 27.1 Å². The minimum absolute atomic E-state index is 0.00754. The number of nitrogens with zero attached hydrogens (tertiary/aromatic N) is 2. The van der Waals surface area contributed by atoms with Crippen LogP contribution in [0.3, 0.4) is 0 Å². The number of benzene rings is 6. The Kier molecular flexibility index (Phi) is 9.07. The molecule has 6 aromatic carbocycles. The topological polar surface area (TPSA) is 6.48 Å². The highest BCUT2D eigenvalue weighted by molar-refractivity contribution is 7.26. The molecule has 2 nitrogen and oxygen atoms in total. The predicted octanol–water partition coefficient (Wildman–Crippen LogP) is 14.9. The highest BCUT2D eigenvalue weighted by Crippen LogP contribution is 2.53. The smallest absolute Gasteiger partial charge is 0.254 e. The molecule has 314 valence electrons. The Bertz CT molecular complexity index is 2910. The average Bonchev–Trinajstić information content (AvgIpc) is 3.60. The summed E-state index contributed by atoms with van der Waals surface area (Å²) in [5, 5.41) is 2.70. The first-order valence-electron chi connectivity index (χ1n) is 22.9. The van der Waals surface area contributed by atoms with Gasteiger partial charge in [0.25, 0.3) is 6.71 Å². The Hall–Kier alpha value is -5.06. The molecule has 0 fully saturated rings. The summed E-state index contributed by atoms with van der Waals surface area (Å²) in [6.45, 7) is 31.1. The van der Waals surface area contributed by atoms with Crippen molar-refractivity contribution in [2.75, 3.05) is 9.80 Å². The lowest BCUT2D eigenvalue weighted by Gasteiger charge is -2.47. The zero-order valence-electron chi connectivity index (χ0n) is 39.3. The first-order valence-corrected chi connectivity index (χ1v) is 23.7. The van der Waals surface area contributed by atoms with Crippen molar-refractivity contribution in [1.29, 1.82) is 0 Å². The van der Waals surface area contributed by atoms with Crippen LogP contribution in [0, 0.1) is 0 Å². The average molecular weight is 831 g/mol. The van der Waals surface area contributed by atoms with Crippen LogP contribution >= 0.6 is 11.3 Å². The molecule has 0 unspecified atom stereocenters. The maximum Gasteiger partial charge on any atom is 0.254 e. The molecule has 2 aliphatic heterocycles. The van der Waals surface area contributed by atoms with Gasteiger partial charge in [-0.1, -0.05) is 163 Å². The van der Waals surface area contributed by atoms with Crippen LogP contribution in [0.15, 0.2) is 121 Å². The van der Waals surface area contributed by atoms with Crippen LogP contribution in [-0.4, -0.2) is 6.71 Å². The number of anilines is 6. The third-order valence-corrected chi connectivity index (χ3v) is 15.8. The largest absolute Gasteiger partial charge is 0.311 e. The molecule has 0 bridgehead atoms. The van der Waals surface area contributed by atoms with E-state index in [0.29, 0.717) is 0 Å².